The molecule has 6 nitrogen and oxygen atoms in total. The normalized spacial score (nSPS) is 21.5. The molecular weight excluding hydrogens is 398 g/mol. The number of benzene rings is 2. The van der Waals surface area contributed by atoms with Gasteiger partial charge in [0, 0.05) is 6.04 Å². The van der Waals surface area contributed by atoms with Crippen LogP contribution >= 0.6 is 0 Å². The van der Waals surface area contributed by atoms with Crippen LogP contribution in [0.5, 0.6) is 5.75 Å². The molecule has 3 rings (SSSR count). The minimum absolute atomic E-state index is 0.117. The van der Waals surface area contributed by atoms with Gasteiger partial charge < -0.3 is 10.1 Å². The topological polar surface area (TPSA) is 89.5 Å². The van der Waals surface area contributed by atoms with E-state index in [9.17, 15) is 16.8 Å². The first-order valence-electron chi connectivity index (χ1n) is 9.17. The summed E-state index contributed by atoms with van der Waals surface area (Å²) in [6, 6.07) is 15.4. The summed E-state index contributed by atoms with van der Waals surface area (Å²) in [6.45, 7) is 0.559. The van der Waals surface area contributed by atoms with E-state index in [1.54, 1.807) is 12.1 Å². The van der Waals surface area contributed by atoms with Gasteiger partial charge in [-0.1, -0.05) is 30.3 Å². The highest BCUT2D eigenvalue weighted by atomic mass is 32.2. The zero-order chi connectivity index (χ0) is 20.2. The van der Waals surface area contributed by atoms with Crippen molar-refractivity contribution in [1.29, 1.82) is 0 Å². The first kappa shape index (κ1) is 20.8. The van der Waals surface area contributed by atoms with Crippen molar-refractivity contribution in [3.05, 3.63) is 60.2 Å². The summed E-state index contributed by atoms with van der Waals surface area (Å²) in [5.41, 5.74) is 1.20. The lowest BCUT2D eigenvalue weighted by Gasteiger charge is -2.20. The van der Waals surface area contributed by atoms with Crippen LogP contribution in [-0.2, 0) is 26.1 Å². The van der Waals surface area contributed by atoms with Crippen molar-refractivity contribution in [3.8, 4) is 5.75 Å². The first-order valence-corrected chi connectivity index (χ1v) is 12.5. The second-order valence-corrected chi connectivity index (χ2v) is 11.3. The highest BCUT2D eigenvalue weighted by molar-refractivity contribution is 7.96. The molecular formula is C20H25NO5S2. The number of hydrogen-bond acceptors (Lipinski definition) is 6. The summed E-state index contributed by atoms with van der Waals surface area (Å²) >= 11 is 0. The second-order valence-electron chi connectivity index (χ2n) is 6.99. The third-order valence-electron chi connectivity index (χ3n) is 4.98. The van der Waals surface area contributed by atoms with E-state index >= 15 is 0 Å². The lowest BCUT2D eigenvalue weighted by Crippen LogP contribution is -2.43. The van der Waals surface area contributed by atoms with Crippen LogP contribution < -0.4 is 10.1 Å². The first-order chi connectivity index (χ1) is 13.3. The van der Waals surface area contributed by atoms with Gasteiger partial charge in [0.2, 0.25) is 0 Å². The smallest absolute Gasteiger partial charge is 0.183 e. The molecule has 152 valence electrons. The molecule has 1 saturated heterocycles. The van der Waals surface area contributed by atoms with Crippen LogP contribution in [-0.4, -0.2) is 53.3 Å². The van der Waals surface area contributed by atoms with Crippen molar-refractivity contribution in [1.82, 2.24) is 5.32 Å². The number of ether oxygens (including phenoxy) is 1. The van der Waals surface area contributed by atoms with Gasteiger partial charge in [0.25, 0.3) is 0 Å². The fourth-order valence-corrected chi connectivity index (χ4v) is 8.19. The molecule has 2 atom stereocenters. The molecule has 1 heterocycles. The average molecular weight is 424 g/mol. The van der Waals surface area contributed by atoms with Gasteiger partial charge in [0.15, 0.2) is 19.7 Å². The summed E-state index contributed by atoms with van der Waals surface area (Å²) in [6.07, 6.45) is 1.65. The van der Waals surface area contributed by atoms with E-state index in [1.807, 2.05) is 30.3 Å². The largest absolute Gasteiger partial charge is 0.497 e. The maximum Gasteiger partial charge on any atom is 0.183 e. The Labute approximate surface area is 166 Å². The second kappa shape index (κ2) is 8.63. The van der Waals surface area contributed by atoms with Crippen LogP contribution in [0.3, 0.4) is 0 Å². The minimum atomic E-state index is -3.77. The van der Waals surface area contributed by atoms with Crippen LogP contribution in [0.4, 0.5) is 0 Å². The molecule has 0 spiro atoms. The molecule has 28 heavy (non-hydrogen) atoms. The molecule has 2 aromatic rings. The summed E-state index contributed by atoms with van der Waals surface area (Å²) in [4.78, 5) is 0.117. The van der Waals surface area contributed by atoms with Gasteiger partial charge in [-0.25, -0.2) is 16.8 Å². The summed E-state index contributed by atoms with van der Waals surface area (Å²) in [7, 11) is -5.67. The molecule has 0 unspecified atom stereocenters. The Morgan fingerprint density at radius 1 is 1.04 bits per heavy atom. The van der Waals surface area contributed by atoms with Gasteiger partial charge in [0.05, 0.1) is 28.8 Å². The van der Waals surface area contributed by atoms with E-state index in [-0.39, 0.29) is 16.4 Å². The number of aryl methyl sites for hydroxylation is 1. The highest BCUT2D eigenvalue weighted by Crippen LogP contribution is 2.27. The fraction of sp³-hybridized carbons (Fsp3) is 0.400. The monoisotopic (exact) mass is 423 g/mol. The predicted molar refractivity (Wildman–Crippen MR) is 109 cm³/mol. The van der Waals surface area contributed by atoms with Crippen LogP contribution in [0.25, 0.3) is 0 Å². The van der Waals surface area contributed by atoms with E-state index in [4.69, 9.17) is 4.74 Å². The molecule has 0 radical (unpaired) electrons. The van der Waals surface area contributed by atoms with Crippen molar-refractivity contribution in [2.24, 2.45) is 0 Å². The standard InChI is InChI=1S/C20H25NO5S2/c1-26-17-9-11-18(12-10-17)28(24,25)20-15-27(22,23)14-19(20)21-13-5-8-16-6-3-2-4-7-16/h2-4,6-7,9-12,19-21H,5,8,13-15H2,1H3/t19-,20-/m1/s1. The molecule has 0 aromatic heterocycles. The molecule has 1 aliphatic rings. The Morgan fingerprint density at radius 2 is 1.71 bits per heavy atom. The number of hydrogen-bond donors (Lipinski definition) is 1. The van der Waals surface area contributed by atoms with Gasteiger partial charge >= 0.3 is 0 Å². The SMILES string of the molecule is COc1ccc(S(=O)(=O)[C@@H]2CS(=O)(=O)C[C@H]2NCCCc2ccccc2)cc1. The van der Waals surface area contributed by atoms with Gasteiger partial charge in [-0.15, -0.1) is 0 Å². The zero-order valence-corrected chi connectivity index (χ0v) is 17.4. The molecule has 8 heteroatoms. The Balaban J connectivity index is 1.68. The van der Waals surface area contributed by atoms with Gasteiger partial charge in [-0.3, -0.25) is 0 Å². The third kappa shape index (κ3) is 4.92. The predicted octanol–water partition coefficient (Wildman–Crippen LogP) is 1.86. The van der Waals surface area contributed by atoms with Crippen LogP contribution in [0.2, 0.25) is 0 Å². The van der Waals surface area contributed by atoms with Crippen LogP contribution in [0, 0.1) is 0 Å². The van der Waals surface area contributed by atoms with Crippen molar-refractivity contribution >= 4 is 19.7 Å². The van der Waals surface area contributed by atoms with Gasteiger partial charge in [-0.2, -0.15) is 0 Å². The van der Waals surface area contributed by atoms with E-state index in [0.717, 1.165) is 12.8 Å². The molecule has 2 aromatic carbocycles. The Morgan fingerprint density at radius 3 is 2.36 bits per heavy atom. The summed E-state index contributed by atoms with van der Waals surface area (Å²) < 4.78 is 55.5. The molecule has 0 aliphatic carbocycles. The molecule has 1 fully saturated rings. The average Bonchev–Trinajstić information content (AvgIpc) is 3.01. The maximum absolute atomic E-state index is 13.0. The minimum Gasteiger partial charge on any atom is -0.497 e. The number of sulfone groups is 2. The van der Waals surface area contributed by atoms with Crippen molar-refractivity contribution in [2.75, 3.05) is 25.2 Å². The molecule has 1 aliphatic heterocycles. The summed E-state index contributed by atoms with van der Waals surface area (Å²) in [5.74, 6) is 0.0457. The van der Waals surface area contributed by atoms with Crippen LogP contribution in [0.15, 0.2) is 59.5 Å². The third-order valence-corrected chi connectivity index (χ3v) is 9.15. The van der Waals surface area contributed by atoms with E-state index in [2.05, 4.69) is 5.32 Å². The maximum atomic E-state index is 13.0. The summed E-state index contributed by atoms with van der Waals surface area (Å²) in [5, 5.41) is 2.19. The van der Waals surface area contributed by atoms with Gasteiger partial charge in [-0.05, 0) is 49.2 Å². The van der Waals surface area contributed by atoms with E-state index < -0.39 is 31.0 Å². The van der Waals surface area contributed by atoms with E-state index in [0.29, 0.717) is 12.3 Å². The number of methoxy groups -OCH3 is 1. The zero-order valence-electron chi connectivity index (χ0n) is 15.7. The quantitative estimate of drug-likeness (QED) is 0.652. The molecule has 0 bridgehead atoms. The number of nitrogens with one attached hydrogen (secondary N) is 1. The number of rotatable bonds is 8. The Kier molecular flexibility index (Phi) is 6.42. The van der Waals surface area contributed by atoms with E-state index in [1.165, 1.54) is 24.8 Å². The van der Waals surface area contributed by atoms with Crippen molar-refractivity contribution in [2.45, 2.75) is 29.0 Å². The van der Waals surface area contributed by atoms with Crippen molar-refractivity contribution < 1.29 is 21.6 Å². The van der Waals surface area contributed by atoms with Crippen LogP contribution in [0.1, 0.15) is 12.0 Å². The Hall–Kier alpha value is -1.90. The molecule has 0 saturated carbocycles. The van der Waals surface area contributed by atoms with Crippen molar-refractivity contribution in [3.63, 3.8) is 0 Å². The molecule has 0 amide bonds. The van der Waals surface area contributed by atoms with Gasteiger partial charge in [0.1, 0.15) is 5.75 Å². The highest BCUT2D eigenvalue weighted by Gasteiger charge is 2.45. The molecule has 1 N–H and O–H groups in total. The lowest BCUT2D eigenvalue weighted by molar-refractivity contribution is 0.414. The Bertz CT molecular complexity index is 987. The lowest BCUT2D eigenvalue weighted by atomic mass is 10.1. The fourth-order valence-electron chi connectivity index (χ4n) is 3.48.